The Morgan fingerprint density at radius 3 is 2.11 bits per heavy atom. The average molecular weight is 621 g/mol. The molecule has 0 aliphatic rings. The molecule has 0 aliphatic carbocycles. The molecule has 0 unspecified atom stereocenters. The Bertz CT molecular complexity index is 1330. The molecule has 0 aromatic heterocycles. The lowest BCUT2D eigenvalue weighted by molar-refractivity contribution is -0.139. The zero-order valence-electron chi connectivity index (χ0n) is 21.5. The molecule has 3 aromatic carbocycles. The Hall–Kier alpha value is -2.88. The van der Waals surface area contributed by atoms with Crippen LogP contribution in [-0.2, 0) is 26.2 Å². The molecule has 202 valence electrons. The lowest BCUT2D eigenvalue weighted by Gasteiger charge is -2.32. The molecule has 3 aromatic rings. The summed E-state index contributed by atoms with van der Waals surface area (Å²) in [4.78, 5) is 28.2. The highest BCUT2D eigenvalue weighted by atomic mass is 79.9. The maximum absolute atomic E-state index is 13.8. The van der Waals surface area contributed by atoms with E-state index in [4.69, 9.17) is 11.6 Å². The summed E-state index contributed by atoms with van der Waals surface area (Å²) in [6.07, 6.45) is 0. The number of hydrogen-bond acceptors (Lipinski definition) is 4. The summed E-state index contributed by atoms with van der Waals surface area (Å²) in [7, 11) is -4.12. The Morgan fingerprint density at radius 2 is 1.53 bits per heavy atom. The van der Waals surface area contributed by atoms with Gasteiger partial charge in [0.1, 0.15) is 12.6 Å². The van der Waals surface area contributed by atoms with Crippen LogP contribution in [0.5, 0.6) is 0 Å². The Balaban J connectivity index is 1.97. The molecule has 0 saturated carbocycles. The van der Waals surface area contributed by atoms with Crippen molar-refractivity contribution in [3.8, 4) is 0 Å². The molecule has 0 fully saturated rings. The van der Waals surface area contributed by atoms with E-state index in [1.807, 2.05) is 38.1 Å². The Labute approximate surface area is 238 Å². The first-order valence-electron chi connectivity index (χ1n) is 12.1. The fourth-order valence-electron chi connectivity index (χ4n) is 3.68. The number of carbonyl (C=O) groups excluding carboxylic acids is 2. The number of carbonyl (C=O) groups is 2. The Kier molecular flexibility index (Phi) is 10.4. The number of anilines is 1. The normalized spacial score (nSPS) is 12.2. The van der Waals surface area contributed by atoms with Gasteiger partial charge in [-0.05, 0) is 66.9 Å². The number of nitrogens with one attached hydrogen (secondary N) is 1. The van der Waals surface area contributed by atoms with E-state index in [-0.39, 0.29) is 23.3 Å². The van der Waals surface area contributed by atoms with Gasteiger partial charge in [0.25, 0.3) is 10.0 Å². The van der Waals surface area contributed by atoms with Crippen molar-refractivity contribution in [3.63, 3.8) is 0 Å². The molecule has 0 radical (unpaired) electrons. The largest absolute Gasteiger partial charge is 0.354 e. The highest BCUT2D eigenvalue weighted by molar-refractivity contribution is 9.10. The number of halogens is 2. The van der Waals surface area contributed by atoms with E-state index in [0.717, 1.165) is 14.3 Å². The van der Waals surface area contributed by atoms with Gasteiger partial charge in [0.05, 0.1) is 10.6 Å². The zero-order chi connectivity index (χ0) is 27.9. The highest BCUT2D eigenvalue weighted by Crippen LogP contribution is 2.25. The number of para-hydroxylation sites is 1. The molecule has 0 aliphatic heterocycles. The van der Waals surface area contributed by atoms with Crippen molar-refractivity contribution in [1.29, 1.82) is 0 Å². The van der Waals surface area contributed by atoms with Crippen molar-refractivity contribution >= 4 is 55.1 Å². The standard InChI is InChI=1S/C28H31BrClN3O4S/c1-20(2)17-31-28(35)21(3)32(18-22-9-11-23(29)12-10-22)27(34)19-33(25-7-5-4-6-8-25)38(36,37)26-15-13-24(30)14-16-26/h4-16,20-21H,17-19H2,1-3H3,(H,31,35)/t21-/m0/s1. The summed E-state index contributed by atoms with van der Waals surface area (Å²) in [5.41, 5.74) is 1.13. The molecular formula is C28H31BrClN3O4S. The van der Waals surface area contributed by atoms with Gasteiger partial charge in [0, 0.05) is 22.6 Å². The zero-order valence-corrected chi connectivity index (χ0v) is 24.6. The number of amides is 2. The van der Waals surface area contributed by atoms with Crippen LogP contribution in [0.1, 0.15) is 26.3 Å². The third-order valence-corrected chi connectivity index (χ3v) is 8.41. The molecule has 2 amide bonds. The van der Waals surface area contributed by atoms with Crippen LogP contribution in [0.15, 0.2) is 88.2 Å². The minimum Gasteiger partial charge on any atom is -0.354 e. The van der Waals surface area contributed by atoms with Gasteiger partial charge in [0.15, 0.2) is 0 Å². The second-order valence-electron chi connectivity index (χ2n) is 9.26. The van der Waals surface area contributed by atoms with Crippen LogP contribution < -0.4 is 9.62 Å². The molecule has 1 N–H and O–H groups in total. The van der Waals surface area contributed by atoms with Crippen LogP contribution in [0.25, 0.3) is 0 Å². The first kappa shape index (κ1) is 29.7. The number of hydrogen-bond donors (Lipinski definition) is 1. The maximum Gasteiger partial charge on any atom is 0.264 e. The summed E-state index contributed by atoms with van der Waals surface area (Å²) in [5, 5.41) is 3.27. The van der Waals surface area contributed by atoms with Gasteiger partial charge in [-0.25, -0.2) is 8.42 Å². The van der Waals surface area contributed by atoms with E-state index in [9.17, 15) is 18.0 Å². The Morgan fingerprint density at radius 1 is 0.921 bits per heavy atom. The van der Waals surface area contributed by atoms with Crippen LogP contribution in [0.2, 0.25) is 5.02 Å². The van der Waals surface area contributed by atoms with Gasteiger partial charge >= 0.3 is 0 Å². The second kappa shape index (κ2) is 13.3. The first-order valence-corrected chi connectivity index (χ1v) is 14.7. The van der Waals surface area contributed by atoms with E-state index >= 15 is 0 Å². The van der Waals surface area contributed by atoms with E-state index in [0.29, 0.717) is 17.3 Å². The lowest BCUT2D eigenvalue weighted by Crippen LogP contribution is -2.51. The van der Waals surface area contributed by atoms with Gasteiger partial charge < -0.3 is 10.2 Å². The van der Waals surface area contributed by atoms with Crippen molar-refractivity contribution in [1.82, 2.24) is 10.2 Å². The van der Waals surface area contributed by atoms with E-state index in [2.05, 4.69) is 21.2 Å². The van der Waals surface area contributed by atoms with Gasteiger partial charge in [0.2, 0.25) is 11.8 Å². The third kappa shape index (κ3) is 7.82. The van der Waals surface area contributed by atoms with E-state index in [1.165, 1.54) is 29.2 Å². The summed E-state index contributed by atoms with van der Waals surface area (Å²) in [6, 6.07) is 20.8. The van der Waals surface area contributed by atoms with Crippen molar-refractivity contribution in [3.05, 3.63) is 93.9 Å². The second-order valence-corrected chi connectivity index (χ2v) is 12.5. The van der Waals surface area contributed by atoms with Crippen LogP contribution in [0.4, 0.5) is 5.69 Å². The number of benzene rings is 3. The van der Waals surface area contributed by atoms with Crippen molar-refractivity contribution in [2.24, 2.45) is 5.92 Å². The minimum absolute atomic E-state index is 0.000683. The fourth-order valence-corrected chi connectivity index (χ4v) is 5.48. The minimum atomic E-state index is -4.12. The van der Waals surface area contributed by atoms with Crippen molar-refractivity contribution in [2.75, 3.05) is 17.4 Å². The molecule has 38 heavy (non-hydrogen) atoms. The van der Waals surface area contributed by atoms with Crippen LogP contribution in [0.3, 0.4) is 0 Å². The molecule has 7 nitrogen and oxygen atoms in total. The number of nitrogens with zero attached hydrogens (tertiary/aromatic N) is 2. The number of sulfonamides is 1. The molecule has 0 heterocycles. The van der Waals surface area contributed by atoms with Gasteiger partial charge in [-0.2, -0.15) is 0 Å². The molecular weight excluding hydrogens is 590 g/mol. The van der Waals surface area contributed by atoms with Crippen LogP contribution in [-0.4, -0.2) is 44.3 Å². The van der Waals surface area contributed by atoms with Gasteiger partial charge in [-0.3, -0.25) is 13.9 Å². The monoisotopic (exact) mass is 619 g/mol. The van der Waals surface area contributed by atoms with E-state index < -0.39 is 28.5 Å². The highest BCUT2D eigenvalue weighted by Gasteiger charge is 2.32. The average Bonchev–Trinajstić information content (AvgIpc) is 2.90. The molecule has 10 heteroatoms. The predicted octanol–water partition coefficient (Wildman–Crippen LogP) is 5.49. The smallest absolute Gasteiger partial charge is 0.264 e. The summed E-state index contributed by atoms with van der Waals surface area (Å²) in [5.74, 6) is -0.586. The van der Waals surface area contributed by atoms with Gasteiger partial charge in [-0.1, -0.05) is 71.7 Å². The molecule has 3 rings (SSSR count). The van der Waals surface area contributed by atoms with Crippen molar-refractivity contribution in [2.45, 2.75) is 38.3 Å². The summed E-state index contributed by atoms with van der Waals surface area (Å²) < 4.78 is 29.4. The molecule has 0 spiro atoms. The SMILES string of the molecule is CC(C)CNC(=O)[C@H](C)N(Cc1ccc(Br)cc1)C(=O)CN(c1ccccc1)S(=O)(=O)c1ccc(Cl)cc1. The quantitative estimate of drug-likeness (QED) is 0.307. The third-order valence-electron chi connectivity index (χ3n) is 5.84. The topological polar surface area (TPSA) is 86.8 Å². The van der Waals surface area contributed by atoms with Crippen LogP contribution in [0, 0.1) is 5.92 Å². The molecule has 0 saturated heterocycles. The lowest BCUT2D eigenvalue weighted by atomic mass is 10.1. The number of rotatable bonds is 11. The fraction of sp³-hybridized carbons (Fsp3) is 0.286. The van der Waals surface area contributed by atoms with Gasteiger partial charge in [-0.15, -0.1) is 0 Å². The summed E-state index contributed by atoms with van der Waals surface area (Å²) in [6.45, 7) is 5.71. The van der Waals surface area contributed by atoms with E-state index in [1.54, 1.807) is 37.3 Å². The van der Waals surface area contributed by atoms with Crippen LogP contribution >= 0.6 is 27.5 Å². The molecule has 1 atom stereocenters. The summed E-state index contributed by atoms with van der Waals surface area (Å²) >= 11 is 9.38. The van der Waals surface area contributed by atoms with Crippen molar-refractivity contribution < 1.29 is 18.0 Å². The first-order chi connectivity index (χ1) is 18.0. The maximum atomic E-state index is 13.8. The molecule has 0 bridgehead atoms. The predicted molar refractivity (Wildman–Crippen MR) is 154 cm³/mol.